The van der Waals surface area contributed by atoms with E-state index in [4.69, 9.17) is 4.74 Å². The van der Waals surface area contributed by atoms with Crippen molar-refractivity contribution in [3.05, 3.63) is 52.0 Å². The number of benzene rings is 1. The summed E-state index contributed by atoms with van der Waals surface area (Å²) in [6, 6.07) is 7.72. The molecule has 0 spiro atoms. The molecule has 0 unspecified atom stereocenters. The van der Waals surface area contributed by atoms with Crippen LogP contribution in [0.5, 0.6) is 5.75 Å². The Morgan fingerprint density at radius 3 is 2.68 bits per heavy atom. The normalized spacial score (nSPS) is 15.7. The summed E-state index contributed by atoms with van der Waals surface area (Å²) >= 11 is 1.66. The van der Waals surface area contributed by atoms with Crippen LogP contribution in [-0.4, -0.2) is 53.5 Å². The largest absolute Gasteiger partial charge is 0.488 e. The van der Waals surface area contributed by atoms with Crippen LogP contribution >= 0.6 is 11.3 Å². The molecule has 3 amide bonds. The summed E-state index contributed by atoms with van der Waals surface area (Å²) in [6.07, 6.45) is 1.56. The van der Waals surface area contributed by atoms with Crippen LogP contribution in [0, 0.1) is 11.7 Å². The van der Waals surface area contributed by atoms with Crippen molar-refractivity contribution in [1.82, 2.24) is 15.1 Å². The lowest BCUT2D eigenvalue weighted by molar-refractivity contribution is -0.135. The second-order valence-corrected chi connectivity index (χ2v) is 11.2. The highest BCUT2D eigenvalue weighted by molar-refractivity contribution is 7.10. The Morgan fingerprint density at radius 2 is 2.00 bits per heavy atom. The smallest absolute Gasteiger partial charge is 0.318 e. The van der Waals surface area contributed by atoms with Crippen molar-refractivity contribution in [2.24, 2.45) is 5.92 Å². The van der Waals surface area contributed by atoms with Crippen molar-refractivity contribution in [3.63, 3.8) is 0 Å². The van der Waals surface area contributed by atoms with Gasteiger partial charge in [-0.25, -0.2) is 9.18 Å². The van der Waals surface area contributed by atoms with Gasteiger partial charge in [-0.15, -0.1) is 11.3 Å². The zero-order valence-electron chi connectivity index (χ0n) is 20.8. The van der Waals surface area contributed by atoms with E-state index in [-0.39, 0.29) is 36.9 Å². The molecule has 0 fully saturated rings. The van der Waals surface area contributed by atoms with Crippen molar-refractivity contribution in [1.29, 1.82) is 0 Å². The summed E-state index contributed by atoms with van der Waals surface area (Å²) in [4.78, 5) is 31.1. The van der Waals surface area contributed by atoms with E-state index >= 15 is 0 Å². The molecule has 1 aromatic carbocycles. The number of carbonyl (C=O) groups is 2. The van der Waals surface area contributed by atoms with E-state index in [1.165, 1.54) is 10.9 Å². The van der Waals surface area contributed by atoms with Gasteiger partial charge in [-0.2, -0.15) is 0 Å². The minimum atomic E-state index is -0.430. The molecule has 0 saturated heterocycles. The Balaban J connectivity index is 1.77. The number of urea groups is 1. The Bertz CT molecular complexity index is 986. The van der Waals surface area contributed by atoms with Crippen molar-refractivity contribution in [2.45, 2.75) is 59.0 Å². The fraction of sp³-hybridized carbons (Fsp3) is 0.538. The molecule has 1 aliphatic rings. The van der Waals surface area contributed by atoms with Gasteiger partial charge in [0.1, 0.15) is 13.2 Å². The number of hydrogen-bond acceptors (Lipinski definition) is 4. The number of rotatable bonds is 8. The molecular formula is C26H36FN3O3S. The summed E-state index contributed by atoms with van der Waals surface area (Å²) in [5.41, 5.74) is 0.636. The molecule has 1 aromatic heterocycles. The van der Waals surface area contributed by atoms with E-state index in [0.29, 0.717) is 19.0 Å². The molecule has 8 heteroatoms. The predicted octanol–water partition coefficient (Wildman–Crippen LogP) is 5.25. The van der Waals surface area contributed by atoms with Gasteiger partial charge < -0.3 is 19.9 Å². The van der Waals surface area contributed by atoms with Crippen molar-refractivity contribution in [2.75, 3.05) is 26.2 Å². The summed E-state index contributed by atoms with van der Waals surface area (Å²) in [7, 11) is 0. The van der Waals surface area contributed by atoms with Gasteiger partial charge in [-0.1, -0.05) is 26.0 Å². The van der Waals surface area contributed by atoms with E-state index < -0.39 is 11.4 Å². The van der Waals surface area contributed by atoms with Crippen LogP contribution in [0.25, 0.3) is 0 Å². The predicted molar refractivity (Wildman–Crippen MR) is 134 cm³/mol. The molecule has 186 valence electrons. The maximum absolute atomic E-state index is 14.1. The zero-order valence-corrected chi connectivity index (χ0v) is 21.6. The van der Waals surface area contributed by atoms with Gasteiger partial charge in [-0.05, 0) is 68.7 Å². The molecule has 2 aromatic rings. The van der Waals surface area contributed by atoms with E-state index in [9.17, 15) is 14.0 Å². The molecule has 3 rings (SSSR count). The third-order valence-corrected chi connectivity index (χ3v) is 6.72. The fourth-order valence-corrected chi connectivity index (χ4v) is 4.85. The topological polar surface area (TPSA) is 61.9 Å². The number of ether oxygens (including phenoxy) is 1. The zero-order chi connectivity index (χ0) is 24.9. The number of para-hydroxylation sites is 1. The number of nitrogens with zero attached hydrogens (tertiary/aromatic N) is 2. The molecule has 2 heterocycles. The summed E-state index contributed by atoms with van der Waals surface area (Å²) < 4.78 is 19.9. The quantitative estimate of drug-likeness (QED) is 0.551. The van der Waals surface area contributed by atoms with Gasteiger partial charge >= 0.3 is 6.03 Å². The van der Waals surface area contributed by atoms with Crippen LogP contribution < -0.4 is 10.1 Å². The lowest BCUT2D eigenvalue weighted by atomic mass is 10.0. The van der Waals surface area contributed by atoms with Crippen LogP contribution in [0.2, 0.25) is 0 Å². The average Bonchev–Trinajstić information content (AvgIpc) is 3.23. The van der Waals surface area contributed by atoms with Crippen LogP contribution in [0.3, 0.4) is 0 Å². The lowest BCUT2D eigenvalue weighted by Gasteiger charge is -2.37. The Kier molecular flexibility index (Phi) is 8.57. The highest BCUT2D eigenvalue weighted by Crippen LogP contribution is 2.34. The van der Waals surface area contributed by atoms with Crippen molar-refractivity contribution in [3.8, 4) is 5.75 Å². The number of nitrogens with one attached hydrogen (secondary N) is 1. The molecule has 6 nitrogen and oxygen atoms in total. The summed E-state index contributed by atoms with van der Waals surface area (Å²) in [5, 5.41) is 4.99. The van der Waals surface area contributed by atoms with Crippen molar-refractivity contribution < 1.29 is 18.7 Å². The van der Waals surface area contributed by atoms with E-state index in [0.717, 1.165) is 18.4 Å². The molecule has 1 atom stereocenters. The molecule has 34 heavy (non-hydrogen) atoms. The molecule has 0 bridgehead atoms. The fourth-order valence-electron chi connectivity index (χ4n) is 3.93. The Labute approximate surface area is 206 Å². The minimum Gasteiger partial charge on any atom is -0.488 e. The van der Waals surface area contributed by atoms with Gasteiger partial charge in [0, 0.05) is 23.5 Å². The second kappa shape index (κ2) is 11.2. The molecule has 0 saturated carbocycles. The summed E-state index contributed by atoms with van der Waals surface area (Å²) in [6.45, 7) is 11.1. The van der Waals surface area contributed by atoms with Gasteiger partial charge in [0.2, 0.25) is 5.91 Å². The van der Waals surface area contributed by atoms with Crippen LogP contribution in [0.15, 0.2) is 35.7 Å². The third-order valence-electron chi connectivity index (χ3n) is 5.72. The monoisotopic (exact) mass is 489 g/mol. The SMILES string of the molecule is CC(C)CCN(CC(=O)N1CCc2sccc2[C@@H]1COc1ccccc1F)C(=O)NC(C)(C)C. The van der Waals surface area contributed by atoms with Crippen LogP contribution in [0.1, 0.15) is 57.5 Å². The van der Waals surface area contributed by atoms with Crippen molar-refractivity contribution >= 4 is 23.3 Å². The number of halogens is 1. The molecular weight excluding hydrogens is 453 g/mol. The van der Waals surface area contributed by atoms with Crippen LogP contribution in [-0.2, 0) is 11.2 Å². The van der Waals surface area contributed by atoms with Gasteiger partial charge in [-0.3, -0.25) is 4.79 Å². The van der Waals surface area contributed by atoms with Gasteiger partial charge in [0.15, 0.2) is 11.6 Å². The lowest BCUT2D eigenvalue weighted by Crippen LogP contribution is -2.53. The molecule has 1 aliphatic heterocycles. The minimum absolute atomic E-state index is 0.00962. The molecule has 1 N–H and O–H groups in total. The first-order valence-electron chi connectivity index (χ1n) is 11.9. The highest BCUT2D eigenvalue weighted by atomic mass is 32.1. The summed E-state index contributed by atoms with van der Waals surface area (Å²) in [5.74, 6) is 0.0120. The van der Waals surface area contributed by atoms with Gasteiger partial charge in [0.25, 0.3) is 0 Å². The first kappa shape index (κ1) is 26.0. The number of amides is 3. The first-order chi connectivity index (χ1) is 16.0. The van der Waals surface area contributed by atoms with E-state index in [1.807, 2.05) is 32.2 Å². The maximum Gasteiger partial charge on any atom is 0.318 e. The standard InChI is InChI=1S/C26H36FN3O3S/c1-18(2)10-13-29(25(32)28-26(3,4)5)16-24(31)30-14-11-23-19(12-15-34-23)21(30)17-33-22-9-7-6-8-20(22)27/h6-9,12,15,18,21H,10-11,13-14,16-17H2,1-5H3,(H,28,32)/t21-/m0/s1. The highest BCUT2D eigenvalue weighted by Gasteiger charge is 2.34. The van der Waals surface area contributed by atoms with E-state index in [2.05, 4.69) is 19.2 Å². The van der Waals surface area contributed by atoms with Crippen LogP contribution in [0.4, 0.5) is 9.18 Å². The number of hydrogen-bond donors (Lipinski definition) is 1. The molecule has 0 aliphatic carbocycles. The molecule has 0 radical (unpaired) electrons. The van der Waals surface area contributed by atoms with Gasteiger partial charge in [0.05, 0.1) is 6.04 Å². The second-order valence-electron chi connectivity index (χ2n) is 10.2. The number of fused-ring (bicyclic) bond motifs is 1. The third kappa shape index (κ3) is 6.95. The first-order valence-corrected chi connectivity index (χ1v) is 12.7. The number of thiophene rings is 1. The number of carbonyl (C=O) groups excluding carboxylic acids is 2. The maximum atomic E-state index is 14.1. The average molecular weight is 490 g/mol. The Morgan fingerprint density at radius 1 is 1.26 bits per heavy atom. The van der Waals surface area contributed by atoms with E-state index in [1.54, 1.807) is 39.3 Å². The Hall–Kier alpha value is -2.61.